The van der Waals surface area contributed by atoms with Crippen molar-refractivity contribution in [3.8, 4) is 5.75 Å². The molecule has 1 heterocycles. The van der Waals surface area contributed by atoms with Gasteiger partial charge in [0, 0.05) is 16.1 Å². The average molecular weight is 493 g/mol. The summed E-state index contributed by atoms with van der Waals surface area (Å²) >= 11 is 6.11. The van der Waals surface area contributed by atoms with E-state index in [9.17, 15) is 24.3 Å². The zero-order valence-corrected chi connectivity index (χ0v) is 19.6. The van der Waals surface area contributed by atoms with E-state index in [4.69, 9.17) is 16.3 Å². The fourth-order valence-electron chi connectivity index (χ4n) is 3.75. The molecule has 4 rings (SSSR count). The molecule has 3 aromatic carbocycles. The van der Waals surface area contributed by atoms with Gasteiger partial charge in [-0.05, 0) is 50.2 Å². The number of ketones is 1. The number of ether oxygens (including phenoxy) is 1. The number of benzene rings is 3. The fraction of sp³-hybridized carbons (Fsp3) is 0.154. The predicted octanol–water partition coefficient (Wildman–Crippen LogP) is 4.41. The summed E-state index contributed by atoms with van der Waals surface area (Å²) in [7, 11) is 0. The van der Waals surface area contributed by atoms with Crippen molar-refractivity contribution < 1.29 is 29.0 Å². The van der Waals surface area contributed by atoms with Gasteiger partial charge in [0.1, 0.15) is 12.3 Å². The molecule has 0 bridgehead atoms. The van der Waals surface area contributed by atoms with Crippen LogP contribution in [0.2, 0.25) is 5.02 Å². The van der Waals surface area contributed by atoms with Crippen LogP contribution in [0.5, 0.6) is 5.75 Å². The van der Waals surface area contributed by atoms with Crippen LogP contribution in [0, 0.1) is 0 Å². The molecule has 8 nitrogen and oxygen atoms in total. The van der Waals surface area contributed by atoms with Gasteiger partial charge in [-0.1, -0.05) is 41.9 Å². The van der Waals surface area contributed by atoms with Crippen molar-refractivity contribution in [2.75, 3.05) is 16.8 Å². The maximum Gasteiger partial charge on any atom is 0.335 e. The van der Waals surface area contributed by atoms with Crippen molar-refractivity contribution >= 4 is 46.5 Å². The Morgan fingerprint density at radius 3 is 2.40 bits per heavy atom. The first kappa shape index (κ1) is 24.0. The molecule has 178 valence electrons. The highest BCUT2D eigenvalue weighted by Crippen LogP contribution is 2.38. The quantitative estimate of drug-likeness (QED) is 0.493. The third kappa shape index (κ3) is 4.88. The molecule has 0 saturated carbocycles. The van der Waals surface area contributed by atoms with E-state index < -0.39 is 29.9 Å². The molecule has 35 heavy (non-hydrogen) atoms. The average Bonchev–Trinajstić information content (AvgIpc) is 2.82. The summed E-state index contributed by atoms with van der Waals surface area (Å²) in [6, 6.07) is 17.2. The standard InChI is InChI=1S/C26H21ClN2O6/c1-26(2)25(34)29(20-12-16(24(32)33)8-11-21(20)35-26)14-22(30)28-19-10-9-17(27)13-18(19)23(31)15-6-4-3-5-7-15/h3-13H,14H2,1-2H3,(H,28,30)(H,32,33). The minimum atomic E-state index is -1.27. The van der Waals surface area contributed by atoms with Crippen LogP contribution in [0.3, 0.4) is 0 Å². The van der Waals surface area contributed by atoms with Crippen LogP contribution in [-0.2, 0) is 9.59 Å². The number of anilines is 2. The van der Waals surface area contributed by atoms with Crippen LogP contribution in [0.4, 0.5) is 11.4 Å². The Bertz CT molecular complexity index is 1350. The largest absolute Gasteiger partial charge is 0.478 e. The zero-order valence-electron chi connectivity index (χ0n) is 18.9. The highest BCUT2D eigenvalue weighted by Gasteiger charge is 2.42. The smallest absolute Gasteiger partial charge is 0.335 e. The number of carboxylic acid groups (broad SMARTS) is 1. The lowest BCUT2D eigenvalue weighted by atomic mass is 10.0. The maximum atomic E-state index is 13.1. The summed E-state index contributed by atoms with van der Waals surface area (Å²) < 4.78 is 5.73. The van der Waals surface area contributed by atoms with E-state index in [2.05, 4.69) is 5.32 Å². The SMILES string of the molecule is CC1(C)Oc2ccc(C(=O)O)cc2N(CC(=O)Nc2ccc(Cl)cc2C(=O)c2ccccc2)C1=O. The Labute approximate surface area is 206 Å². The molecule has 1 aliphatic rings. The Morgan fingerprint density at radius 1 is 1.00 bits per heavy atom. The van der Waals surface area contributed by atoms with E-state index in [-0.39, 0.29) is 34.0 Å². The zero-order chi connectivity index (χ0) is 25.3. The lowest BCUT2D eigenvalue weighted by Crippen LogP contribution is -2.54. The molecular formula is C26H21ClN2O6. The number of halogens is 1. The van der Waals surface area contributed by atoms with Gasteiger partial charge in [0.25, 0.3) is 5.91 Å². The van der Waals surface area contributed by atoms with Gasteiger partial charge < -0.3 is 15.2 Å². The van der Waals surface area contributed by atoms with Crippen LogP contribution >= 0.6 is 11.6 Å². The molecule has 0 atom stereocenters. The third-order valence-electron chi connectivity index (χ3n) is 5.46. The molecule has 0 radical (unpaired) electrons. The molecule has 0 spiro atoms. The minimum Gasteiger partial charge on any atom is -0.478 e. The van der Waals surface area contributed by atoms with Crippen molar-refractivity contribution in [2.24, 2.45) is 0 Å². The monoisotopic (exact) mass is 492 g/mol. The number of hydrogen-bond donors (Lipinski definition) is 2. The number of aromatic carboxylic acids is 1. The van der Waals surface area contributed by atoms with Gasteiger partial charge in [-0.2, -0.15) is 0 Å². The summed E-state index contributed by atoms with van der Waals surface area (Å²) in [6.07, 6.45) is 0. The molecular weight excluding hydrogens is 472 g/mol. The molecule has 0 saturated heterocycles. The predicted molar refractivity (Wildman–Crippen MR) is 130 cm³/mol. The van der Waals surface area contributed by atoms with E-state index in [0.29, 0.717) is 10.6 Å². The normalized spacial score (nSPS) is 14.0. The number of carbonyl (C=O) groups excluding carboxylic acids is 3. The highest BCUT2D eigenvalue weighted by molar-refractivity contribution is 6.31. The number of fused-ring (bicyclic) bond motifs is 1. The Hall–Kier alpha value is -4.17. The first-order valence-corrected chi connectivity index (χ1v) is 11.0. The van der Waals surface area contributed by atoms with Crippen LogP contribution in [0.15, 0.2) is 66.7 Å². The number of rotatable bonds is 6. The number of carbonyl (C=O) groups is 4. The van der Waals surface area contributed by atoms with Crippen molar-refractivity contribution in [1.82, 2.24) is 0 Å². The second-order valence-corrected chi connectivity index (χ2v) is 8.86. The van der Waals surface area contributed by atoms with E-state index in [1.807, 2.05) is 0 Å². The second-order valence-electron chi connectivity index (χ2n) is 8.42. The molecule has 9 heteroatoms. The minimum absolute atomic E-state index is 0.0568. The van der Waals surface area contributed by atoms with E-state index in [0.717, 1.165) is 0 Å². The van der Waals surface area contributed by atoms with Gasteiger partial charge in [0.2, 0.25) is 5.91 Å². The van der Waals surface area contributed by atoms with Crippen LogP contribution < -0.4 is 15.0 Å². The van der Waals surface area contributed by atoms with Gasteiger partial charge in [-0.15, -0.1) is 0 Å². The molecule has 3 aromatic rings. The van der Waals surface area contributed by atoms with Gasteiger partial charge in [0.15, 0.2) is 11.4 Å². The lowest BCUT2D eigenvalue weighted by molar-refractivity contribution is -0.133. The summed E-state index contributed by atoms with van der Waals surface area (Å²) in [4.78, 5) is 51.8. The van der Waals surface area contributed by atoms with Crippen LogP contribution in [0.25, 0.3) is 0 Å². The van der Waals surface area contributed by atoms with Gasteiger partial charge in [0.05, 0.1) is 16.9 Å². The third-order valence-corrected chi connectivity index (χ3v) is 5.70. The molecule has 2 amide bonds. The van der Waals surface area contributed by atoms with Crippen molar-refractivity contribution in [1.29, 1.82) is 0 Å². The fourth-order valence-corrected chi connectivity index (χ4v) is 3.92. The summed E-state index contributed by atoms with van der Waals surface area (Å²) in [5, 5.41) is 12.4. The first-order chi connectivity index (χ1) is 16.6. The number of carboxylic acids is 1. The number of amides is 2. The maximum absolute atomic E-state index is 13.1. The van der Waals surface area contributed by atoms with E-state index in [1.54, 1.807) is 44.2 Å². The van der Waals surface area contributed by atoms with Crippen LogP contribution in [0.1, 0.15) is 40.1 Å². The molecule has 2 N–H and O–H groups in total. The molecule has 1 aliphatic heterocycles. The Morgan fingerprint density at radius 2 is 1.71 bits per heavy atom. The number of nitrogens with zero attached hydrogens (tertiary/aromatic N) is 1. The van der Waals surface area contributed by atoms with Crippen LogP contribution in [-0.4, -0.2) is 40.8 Å². The number of hydrogen-bond acceptors (Lipinski definition) is 5. The van der Waals surface area contributed by atoms with Crippen molar-refractivity contribution in [3.63, 3.8) is 0 Å². The Kier molecular flexibility index (Phi) is 6.32. The number of nitrogens with one attached hydrogen (secondary N) is 1. The topological polar surface area (TPSA) is 113 Å². The molecule has 0 aliphatic carbocycles. The van der Waals surface area contributed by atoms with Crippen molar-refractivity contribution in [2.45, 2.75) is 19.4 Å². The second kappa shape index (κ2) is 9.23. The van der Waals surface area contributed by atoms with Gasteiger partial charge >= 0.3 is 5.97 Å². The van der Waals surface area contributed by atoms with E-state index in [1.165, 1.54) is 41.3 Å². The molecule has 0 unspecified atom stereocenters. The molecule has 0 fully saturated rings. The Balaban J connectivity index is 1.64. The van der Waals surface area contributed by atoms with Gasteiger partial charge in [-0.3, -0.25) is 19.3 Å². The first-order valence-electron chi connectivity index (χ1n) is 10.6. The van der Waals surface area contributed by atoms with Gasteiger partial charge in [-0.25, -0.2) is 4.79 Å². The molecule has 0 aromatic heterocycles. The highest BCUT2D eigenvalue weighted by atomic mass is 35.5. The summed E-state index contributed by atoms with van der Waals surface area (Å²) in [6.45, 7) is 2.69. The van der Waals surface area contributed by atoms with Crippen molar-refractivity contribution in [3.05, 3.63) is 88.4 Å². The van der Waals surface area contributed by atoms with E-state index >= 15 is 0 Å². The summed E-state index contributed by atoms with van der Waals surface area (Å²) in [5.74, 6) is -2.34. The lowest BCUT2D eigenvalue weighted by Gasteiger charge is -2.38. The summed E-state index contributed by atoms with van der Waals surface area (Å²) in [5.41, 5.74) is -0.315.